The molecule has 1 fully saturated rings. The van der Waals surface area contributed by atoms with Gasteiger partial charge in [-0.3, -0.25) is 0 Å². The second kappa shape index (κ2) is 8.93. The van der Waals surface area contributed by atoms with Crippen LogP contribution in [-0.2, 0) is 14.6 Å². The summed E-state index contributed by atoms with van der Waals surface area (Å²) in [5.41, 5.74) is -0.462. The van der Waals surface area contributed by atoms with Crippen molar-refractivity contribution in [2.45, 2.75) is 70.8 Å². The monoisotopic (exact) mass is 335 g/mol. The predicted molar refractivity (Wildman–Crippen MR) is 91.4 cm³/mol. The first-order valence-electron chi connectivity index (χ1n) is 8.02. The van der Waals surface area contributed by atoms with Crippen LogP contribution in [-0.4, -0.2) is 37.2 Å². The molecule has 1 heterocycles. The van der Waals surface area contributed by atoms with E-state index in [1.54, 1.807) is 0 Å². The third-order valence-electron chi connectivity index (χ3n) is 3.89. The molecule has 0 amide bonds. The van der Waals surface area contributed by atoms with Crippen LogP contribution in [0, 0.1) is 0 Å². The van der Waals surface area contributed by atoms with E-state index in [0.717, 1.165) is 12.8 Å². The highest BCUT2D eigenvalue weighted by molar-refractivity contribution is 7.91. The van der Waals surface area contributed by atoms with E-state index in [0.29, 0.717) is 18.2 Å². The van der Waals surface area contributed by atoms with Gasteiger partial charge in [-0.1, -0.05) is 45.4 Å². The van der Waals surface area contributed by atoms with E-state index in [4.69, 9.17) is 17.0 Å². The Balaban J connectivity index is 2.07. The quantitative estimate of drug-likeness (QED) is 0.518. The van der Waals surface area contributed by atoms with Crippen molar-refractivity contribution in [3.8, 4) is 0 Å². The van der Waals surface area contributed by atoms with Gasteiger partial charge in [0.15, 0.2) is 9.84 Å². The molecule has 0 spiro atoms. The number of nitrogens with one attached hydrogen (secondary N) is 1. The van der Waals surface area contributed by atoms with Crippen LogP contribution in [0.5, 0.6) is 0 Å². The molecule has 6 heteroatoms. The van der Waals surface area contributed by atoms with Crippen molar-refractivity contribution in [3.63, 3.8) is 0 Å². The number of ether oxygens (including phenoxy) is 1. The van der Waals surface area contributed by atoms with Gasteiger partial charge in [-0.15, -0.1) is 0 Å². The Morgan fingerprint density at radius 1 is 1.19 bits per heavy atom. The molecule has 21 heavy (non-hydrogen) atoms. The van der Waals surface area contributed by atoms with Crippen molar-refractivity contribution < 1.29 is 13.2 Å². The Morgan fingerprint density at radius 2 is 1.81 bits per heavy atom. The van der Waals surface area contributed by atoms with Gasteiger partial charge in [-0.05, 0) is 32.0 Å². The second-order valence-electron chi connectivity index (χ2n) is 6.28. The molecule has 0 aromatic rings. The molecule has 124 valence electrons. The van der Waals surface area contributed by atoms with Crippen LogP contribution >= 0.6 is 12.2 Å². The average molecular weight is 336 g/mol. The Hall–Kier alpha value is -0.360. The lowest BCUT2D eigenvalue weighted by Gasteiger charge is -2.25. The van der Waals surface area contributed by atoms with Gasteiger partial charge in [0.2, 0.25) is 0 Å². The van der Waals surface area contributed by atoms with Crippen molar-refractivity contribution in [1.29, 1.82) is 0 Å². The standard InChI is InChI=1S/C15H29NO3S2/c1-3-4-5-6-7-8-9-11-19-14(20)16-15(2)10-12-21(17,18)13-15/h3-13H2,1-2H3,(H,16,20). The number of sulfone groups is 1. The number of hydrogen-bond donors (Lipinski definition) is 1. The fourth-order valence-corrected chi connectivity index (χ4v) is 5.04. The van der Waals surface area contributed by atoms with Crippen LogP contribution in [0.3, 0.4) is 0 Å². The van der Waals surface area contributed by atoms with Crippen LogP contribution in [0.15, 0.2) is 0 Å². The predicted octanol–water partition coefficient (Wildman–Crippen LogP) is 3.21. The Morgan fingerprint density at radius 3 is 2.38 bits per heavy atom. The molecule has 0 radical (unpaired) electrons. The summed E-state index contributed by atoms with van der Waals surface area (Å²) in [7, 11) is -2.92. The van der Waals surface area contributed by atoms with Crippen molar-refractivity contribution >= 4 is 27.2 Å². The molecule has 0 bridgehead atoms. The minimum Gasteiger partial charge on any atom is -0.471 e. The summed E-state index contributed by atoms with van der Waals surface area (Å²) in [5, 5.41) is 3.39. The average Bonchev–Trinajstić information content (AvgIpc) is 2.66. The highest BCUT2D eigenvalue weighted by atomic mass is 32.2. The number of rotatable bonds is 9. The van der Waals surface area contributed by atoms with Crippen molar-refractivity contribution in [2.24, 2.45) is 0 Å². The highest BCUT2D eigenvalue weighted by Gasteiger charge is 2.39. The lowest BCUT2D eigenvalue weighted by atomic mass is 10.0. The zero-order valence-corrected chi connectivity index (χ0v) is 15.0. The molecule has 0 saturated carbocycles. The summed E-state index contributed by atoms with van der Waals surface area (Å²) >= 11 is 5.14. The van der Waals surface area contributed by atoms with Gasteiger partial charge in [-0.2, -0.15) is 0 Å². The normalized spacial score (nSPS) is 23.9. The van der Waals surface area contributed by atoms with E-state index < -0.39 is 15.4 Å². The fourth-order valence-electron chi connectivity index (χ4n) is 2.62. The molecule has 0 aliphatic carbocycles. The molecule has 4 nitrogen and oxygen atoms in total. The largest absolute Gasteiger partial charge is 0.471 e. The Bertz CT molecular complexity index is 423. The van der Waals surface area contributed by atoms with E-state index in [-0.39, 0.29) is 11.5 Å². The summed E-state index contributed by atoms with van der Waals surface area (Å²) in [6.45, 7) is 4.72. The maximum Gasteiger partial charge on any atom is 0.257 e. The first-order valence-corrected chi connectivity index (χ1v) is 10.3. The minimum atomic E-state index is -2.92. The van der Waals surface area contributed by atoms with Crippen LogP contribution in [0.25, 0.3) is 0 Å². The van der Waals surface area contributed by atoms with E-state index >= 15 is 0 Å². The molecular weight excluding hydrogens is 306 g/mol. The van der Waals surface area contributed by atoms with Crippen molar-refractivity contribution in [3.05, 3.63) is 0 Å². The van der Waals surface area contributed by atoms with E-state index in [1.165, 1.54) is 32.1 Å². The molecule has 1 unspecified atom stereocenters. The third-order valence-corrected chi connectivity index (χ3v) is 6.01. The van der Waals surface area contributed by atoms with Crippen LogP contribution in [0.4, 0.5) is 0 Å². The second-order valence-corrected chi connectivity index (χ2v) is 8.84. The van der Waals surface area contributed by atoms with E-state index in [1.807, 2.05) is 6.92 Å². The summed E-state index contributed by atoms with van der Waals surface area (Å²) in [6, 6.07) is 0. The molecule has 1 atom stereocenters. The fraction of sp³-hybridized carbons (Fsp3) is 0.933. The van der Waals surface area contributed by atoms with Gasteiger partial charge in [0.25, 0.3) is 5.17 Å². The van der Waals surface area contributed by atoms with Gasteiger partial charge in [0.05, 0.1) is 23.7 Å². The summed E-state index contributed by atoms with van der Waals surface area (Å²) < 4.78 is 28.5. The number of hydrogen-bond acceptors (Lipinski definition) is 4. The summed E-state index contributed by atoms with van der Waals surface area (Å²) in [6.07, 6.45) is 9.23. The minimum absolute atomic E-state index is 0.140. The zero-order valence-electron chi connectivity index (χ0n) is 13.3. The Kier molecular flexibility index (Phi) is 7.95. The van der Waals surface area contributed by atoms with Crippen molar-refractivity contribution in [1.82, 2.24) is 5.32 Å². The summed E-state index contributed by atoms with van der Waals surface area (Å²) in [4.78, 5) is 0. The first-order chi connectivity index (χ1) is 9.87. The molecule has 1 N–H and O–H groups in total. The van der Waals surface area contributed by atoms with Gasteiger partial charge in [-0.25, -0.2) is 8.42 Å². The van der Waals surface area contributed by atoms with Gasteiger partial charge < -0.3 is 10.1 Å². The van der Waals surface area contributed by atoms with E-state index in [2.05, 4.69) is 12.2 Å². The summed E-state index contributed by atoms with van der Waals surface area (Å²) in [5.74, 6) is 0.373. The number of thiocarbonyl (C=S) groups is 1. The van der Waals surface area contributed by atoms with Crippen molar-refractivity contribution in [2.75, 3.05) is 18.1 Å². The first kappa shape index (κ1) is 18.7. The maximum atomic E-state index is 11.5. The third kappa shape index (κ3) is 8.00. The lowest BCUT2D eigenvalue weighted by molar-refractivity contribution is 0.272. The topological polar surface area (TPSA) is 55.4 Å². The van der Waals surface area contributed by atoms with Gasteiger partial charge >= 0.3 is 0 Å². The Labute approximate surface area is 134 Å². The highest BCUT2D eigenvalue weighted by Crippen LogP contribution is 2.22. The molecule has 0 aromatic carbocycles. The van der Waals surface area contributed by atoms with Crippen LogP contribution < -0.4 is 5.32 Å². The number of unbranched alkanes of at least 4 members (excludes halogenated alkanes) is 6. The lowest BCUT2D eigenvalue weighted by Crippen LogP contribution is -2.47. The molecule has 1 saturated heterocycles. The molecule has 1 rings (SSSR count). The molecular formula is C15H29NO3S2. The van der Waals surface area contributed by atoms with Gasteiger partial charge in [0.1, 0.15) is 0 Å². The van der Waals surface area contributed by atoms with Gasteiger partial charge in [0, 0.05) is 0 Å². The maximum absolute atomic E-state index is 11.5. The molecule has 1 aliphatic rings. The van der Waals surface area contributed by atoms with Crippen LogP contribution in [0.1, 0.15) is 65.2 Å². The smallest absolute Gasteiger partial charge is 0.257 e. The zero-order chi connectivity index (χ0) is 15.8. The van der Waals surface area contributed by atoms with Crippen LogP contribution in [0.2, 0.25) is 0 Å². The van der Waals surface area contributed by atoms with E-state index in [9.17, 15) is 8.42 Å². The SMILES string of the molecule is CCCCCCCCCOC(=S)NC1(C)CCS(=O)(=O)C1. The molecule has 1 aliphatic heterocycles. The molecule has 0 aromatic heterocycles.